The number of thiophene rings is 1. The van der Waals surface area contributed by atoms with Crippen LogP contribution in [0.4, 0.5) is 17.1 Å². The SMILES string of the molecule is c1ccc(-c2ccc(N(c3ccc(-c4ccccc4)cc3)c3cc(-c4ccc5c(c4)C(c4ccccc4)(c4ccccc4)c4ccccc4-5)c4sc5ccccc5c4c3)cc2)cc1. The van der Waals surface area contributed by atoms with Crippen LogP contribution in [0.25, 0.3) is 64.7 Å². The summed E-state index contributed by atoms with van der Waals surface area (Å²) in [6.45, 7) is 0. The molecular formula is C61H41NS. The molecule has 12 rings (SSSR count). The van der Waals surface area contributed by atoms with E-state index in [0.717, 1.165) is 17.1 Å². The van der Waals surface area contributed by atoms with Crippen molar-refractivity contribution in [3.05, 3.63) is 271 Å². The van der Waals surface area contributed by atoms with Crippen LogP contribution in [0.3, 0.4) is 0 Å². The first kappa shape index (κ1) is 37.0. The molecule has 1 heterocycles. The minimum Gasteiger partial charge on any atom is -0.310 e. The summed E-state index contributed by atoms with van der Waals surface area (Å²) in [6.07, 6.45) is 0. The van der Waals surface area contributed by atoms with E-state index in [-0.39, 0.29) is 0 Å². The van der Waals surface area contributed by atoms with Crippen molar-refractivity contribution in [3.63, 3.8) is 0 Å². The molecule has 10 aromatic carbocycles. The smallest absolute Gasteiger partial charge is 0.0713 e. The Morgan fingerprint density at radius 2 is 0.778 bits per heavy atom. The molecule has 0 saturated carbocycles. The Kier molecular flexibility index (Phi) is 8.98. The normalized spacial score (nSPS) is 12.6. The molecule has 0 unspecified atom stereocenters. The van der Waals surface area contributed by atoms with E-state index in [4.69, 9.17) is 0 Å². The Morgan fingerprint density at radius 3 is 1.38 bits per heavy atom. The molecule has 0 bridgehead atoms. The van der Waals surface area contributed by atoms with Crippen molar-refractivity contribution in [2.45, 2.75) is 5.41 Å². The Morgan fingerprint density at radius 1 is 0.302 bits per heavy atom. The summed E-state index contributed by atoms with van der Waals surface area (Å²) >= 11 is 1.89. The zero-order valence-corrected chi connectivity index (χ0v) is 35.3. The average Bonchev–Trinajstić information content (AvgIpc) is 3.89. The summed E-state index contributed by atoms with van der Waals surface area (Å²) in [4.78, 5) is 2.43. The Balaban J connectivity index is 1.10. The molecule has 2 heteroatoms. The van der Waals surface area contributed by atoms with Crippen LogP contribution >= 0.6 is 11.3 Å². The van der Waals surface area contributed by atoms with E-state index >= 15 is 0 Å². The van der Waals surface area contributed by atoms with Crippen molar-refractivity contribution in [2.75, 3.05) is 4.90 Å². The Bertz CT molecular complexity index is 3290. The molecule has 0 spiro atoms. The van der Waals surface area contributed by atoms with Gasteiger partial charge in [0.1, 0.15) is 0 Å². The maximum Gasteiger partial charge on any atom is 0.0713 e. The molecule has 0 aliphatic heterocycles. The molecule has 11 aromatic rings. The van der Waals surface area contributed by atoms with Crippen molar-refractivity contribution in [1.29, 1.82) is 0 Å². The minimum atomic E-state index is -0.492. The van der Waals surface area contributed by atoms with E-state index in [1.165, 1.54) is 86.9 Å². The summed E-state index contributed by atoms with van der Waals surface area (Å²) in [5.74, 6) is 0. The predicted molar refractivity (Wildman–Crippen MR) is 268 cm³/mol. The first-order valence-corrected chi connectivity index (χ1v) is 22.5. The molecule has 296 valence electrons. The first-order valence-electron chi connectivity index (χ1n) is 21.7. The van der Waals surface area contributed by atoms with Gasteiger partial charge in [-0.2, -0.15) is 0 Å². The van der Waals surface area contributed by atoms with Crippen molar-refractivity contribution in [2.24, 2.45) is 0 Å². The van der Waals surface area contributed by atoms with Crippen LogP contribution in [0.2, 0.25) is 0 Å². The van der Waals surface area contributed by atoms with Gasteiger partial charge in [-0.15, -0.1) is 11.3 Å². The average molecular weight is 820 g/mol. The fourth-order valence-electron chi connectivity index (χ4n) is 10.1. The quantitative estimate of drug-likeness (QED) is 0.148. The van der Waals surface area contributed by atoms with Crippen LogP contribution in [-0.4, -0.2) is 0 Å². The third kappa shape index (κ3) is 6.14. The third-order valence-electron chi connectivity index (χ3n) is 13.0. The zero-order valence-electron chi connectivity index (χ0n) is 34.5. The van der Waals surface area contributed by atoms with E-state index in [1.54, 1.807) is 0 Å². The van der Waals surface area contributed by atoms with Gasteiger partial charge in [-0.25, -0.2) is 0 Å². The van der Waals surface area contributed by atoms with Crippen LogP contribution in [-0.2, 0) is 5.41 Å². The largest absolute Gasteiger partial charge is 0.310 e. The molecule has 0 N–H and O–H groups in total. The predicted octanol–water partition coefficient (Wildman–Crippen LogP) is 16.9. The summed E-state index contributed by atoms with van der Waals surface area (Å²) in [6, 6.07) is 91.5. The highest BCUT2D eigenvalue weighted by Gasteiger charge is 2.46. The van der Waals surface area contributed by atoms with E-state index in [9.17, 15) is 0 Å². The third-order valence-corrected chi connectivity index (χ3v) is 14.2. The lowest BCUT2D eigenvalue weighted by atomic mass is 9.67. The van der Waals surface area contributed by atoms with E-state index in [2.05, 4.69) is 254 Å². The summed E-state index contributed by atoms with van der Waals surface area (Å²) in [5, 5.41) is 2.53. The second-order valence-electron chi connectivity index (χ2n) is 16.4. The lowest BCUT2D eigenvalue weighted by Crippen LogP contribution is -2.28. The number of nitrogens with zero attached hydrogens (tertiary/aromatic N) is 1. The second kappa shape index (κ2) is 15.3. The maximum atomic E-state index is 2.51. The van der Waals surface area contributed by atoms with Gasteiger partial charge in [0.25, 0.3) is 0 Å². The zero-order chi connectivity index (χ0) is 41.7. The molecule has 0 saturated heterocycles. The maximum absolute atomic E-state index is 2.51. The molecule has 1 nitrogen and oxygen atoms in total. The molecular weight excluding hydrogens is 779 g/mol. The van der Waals surface area contributed by atoms with Crippen molar-refractivity contribution < 1.29 is 0 Å². The molecule has 0 radical (unpaired) electrons. The molecule has 0 atom stereocenters. The highest BCUT2D eigenvalue weighted by Crippen LogP contribution is 2.57. The monoisotopic (exact) mass is 819 g/mol. The van der Waals surface area contributed by atoms with Crippen LogP contribution < -0.4 is 4.90 Å². The highest BCUT2D eigenvalue weighted by molar-refractivity contribution is 7.26. The van der Waals surface area contributed by atoms with Crippen LogP contribution in [0.15, 0.2) is 249 Å². The van der Waals surface area contributed by atoms with Gasteiger partial charge in [-0.1, -0.05) is 200 Å². The number of rotatable bonds is 8. The van der Waals surface area contributed by atoms with Crippen molar-refractivity contribution in [3.8, 4) is 44.5 Å². The number of hydrogen-bond acceptors (Lipinski definition) is 2. The first-order chi connectivity index (χ1) is 31.2. The standard InChI is InChI=1S/C61H41NS/c1-5-17-42(18-6-1)44-29-34-49(35-30-44)62(50-36-31-45(32-37-50)43-19-7-2-8-20-43)51-40-55(60-56(41-51)54-26-14-16-28-59(54)63-60)46-33-38-53-52-25-13-15-27-57(52)61(58(53)39-46,47-21-9-3-10-22-47)48-23-11-4-12-24-48/h1-41H. The fourth-order valence-corrected chi connectivity index (χ4v) is 11.3. The molecule has 0 fully saturated rings. The second-order valence-corrected chi connectivity index (χ2v) is 17.5. The van der Waals surface area contributed by atoms with Crippen LogP contribution in [0.1, 0.15) is 22.3 Å². The van der Waals surface area contributed by atoms with Gasteiger partial charge >= 0.3 is 0 Å². The van der Waals surface area contributed by atoms with Gasteiger partial charge in [-0.3, -0.25) is 0 Å². The summed E-state index contributed by atoms with van der Waals surface area (Å²) in [5.41, 5.74) is 17.8. The van der Waals surface area contributed by atoms with Crippen molar-refractivity contribution >= 4 is 48.6 Å². The van der Waals surface area contributed by atoms with E-state index in [0.29, 0.717) is 0 Å². The fraction of sp³-hybridized carbons (Fsp3) is 0.0164. The van der Waals surface area contributed by atoms with Gasteiger partial charge in [0.05, 0.1) is 5.41 Å². The van der Waals surface area contributed by atoms with Crippen LogP contribution in [0.5, 0.6) is 0 Å². The number of hydrogen-bond donors (Lipinski definition) is 0. The van der Waals surface area contributed by atoms with Gasteiger partial charge in [0, 0.05) is 42.8 Å². The van der Waals surface area contributed by atoms with E-state index < -0.39 is 5.41 Å². The van der Waals surface area contributed by atoms with Gasteiger partial charge < -0.3 is 4.90 Å². The Hall–Kier alpha value is -7.78. The molecule has 63 heavy (non-hydrogen) atoms. The van der Waals surface area contributed by atoms with E-state index in [1.807, 2.05) is 11.3 Å². The number of benzene rings is 10. The summed E-state index contributed by atoms with van der Waals surface area (Å²) in [7, 11) is 0. The molecule has 1 aliphatic carbocycles. The molecule has 1 aliphatic rings. The minimum absolute atomic E-state index is 0.492. The lowest BCUT2D eigenvalue weighted by Gasteiger charge is -2.34. The summed E-state index contributed by atoms with van der Waals surface area (Å²) < 4.78 is 2.58. The lowest BCUT2D eigenvalue weighted by molar-refractivity contribution is 0.769. The number of fused-ring (bicyclic) bond motifs is 6. The molecule has 1 aromatic heterocycles. The van der Waals surface area contributed by atoms with Crippen molar-refractivity contribution in [1.82, 2.24) is 0 Å². The Labute approximate surface area is 372 Å². The van der Waals surface area contributed by atoms with Gasteiger partial charge in [-0.05, 0) is 110 Å². The van der Waals surface area contributed by atoms with Gasteiger partial charge in [0.2, 0.25) is 0 Å². The number of anilines is 3. The topological polar surface area (TPSA) is 3.24 Å². The van der Waals surface area contributed by atoms with Crippen LogP contribution in [0, 0.1) is 0 Å². The molecule has 0 amide bonds. The highest BCUT2D eigenvalue weighted by atomic mass is 32.1. The van der Waals surface area contributed by atoms with Gasteiger partial charge in [0.15, 0.2) is 0 Å².